The first-order valence-electron chi connectivity index (χ1n) is 10.2. The summed E-state index contributed by atoms with van der Waals surface area (Å²) in [6.45, 7) is 4.22. The van der Waals surface area contributed by atoms with Crippen molar-refractivity contribution >= 4 is 29.3 Å². The Hall–Kier alpha value is -2.47. The van der Waals surface area contributed by atoms with Crippen molar-refractivity contribution in [3.63, 3.8) is 0 Å². The van der Waals surface area contributed by atoms with Crippen molar-refractivity contribution in [1.29, 1.82) is 0 Å². The second-order valence-electron chi connectivity index (χ2n) is 7.52. The number of carbonyl (C=O) groups is 2. The summed E-state index contributed by atoms with van der Waals surface area (Å²) in [5.74, 6) is -0.0217. The van der Waals surface area contributed by atoms with Gasteiger partial charge in [0, 0.05) is 30.1 Å². The molecule has 0 aliphatic carbocycles. The zero-order valence-corrected chi connectivity index (χ0v) is 17.8. The Morgan fingerprint density at radius 3 is 2.69 bits per heavy atom. The number of carbonyl (C=O) groups excluding carboxylic acids is 2. The molecule has 2 aromatic rings. The summed E-state index contributed by atoms with van der Waals surface area (Å²) in [7, 11) is 0. The van der Waals surface area contributed by atoms with Crippen LogP contribution >= 0.6 is 11.8 Å². The van der Waals surface area contributed by atoms with Gasteiger partial charge in [-0.25, -0.2) is 0 Å². The second kappa shape index (κ2) is 8.49. The number of anilines is 1. The zero-order valence-electron chi connectivity index (χ0n) is 17.0. The number of piperidine rings is 1. The molecular weight excluding hydrogens is 382 g/mol. The molecule has 6 heteroatoms. The number of thioether (sulfide) groups is 1. The van der Waals surface area contributed by atoms with Crippen LogP contribution in [0.5, 0.6) is 0 Å². The minimum atomic E-state index is -0.115. The maximum atomic E-state index is 13.0. The van der Waals surface area contributed by atoms with Crippen LogP contribution < -0.4 is 10.2 Å². The maximum absolute atomic E-state index is 13.0. The molecule has 2 aliphatic rings. The van der Waals surface area contributed by atoms with Crippen molar-refractivity contribution in [1.82, 2.24) is 10.2 Å². The molecule has 0 radical (unpaired) electrons. The molecule has 0 saturated carbocycles. The van der Waals surface area contributed by atoms with E-state index in [1.807, 2.05) is 35.4 Å². The van der Waals surface area contributed by atoms with Crippen LogP contribution in [0.15, 0.2) is 47.4 Å². The van der Waals surface area contributed by atoms with Gasteiger partial charge in [-0.3, -0.25) is 9.59 Å². The van der Waals surface area contributed by atoms with Crippen LogP contribution in [0.4, 0.5) is 5.69 Å². The summed E-state index contributed by atoms with van der Waals surface area (Å²) in [4.78, 5) is 31.2. The lowest BCUT2D eigenvalue weighted by molar-refractivity contribution is 0.0582. The van der Waals surface area contributed by atoms with E-state index in [1.165, 1.54) is 4.90 Å². The van der Waals surface area contributed by atoms with Gasteiger partial charge in [0.1, 0.15) is 6.17 Å². The van der Waals surface area contributed by atoms with Crippen LogP contribution in [0, 0.1) is 0 Å². The van der Waals surface area contributed by atoms with Gasteiger partial charge in [0.2, 0.25) is 0 Å². The zero-order chi connectivity index (χ0) is 20.4. The van der Waals surface area contributed by atoms with E-state index in [1.54, 1.807) is 17.8 Å². The third-order valence-corrected chi connectivity index (χ3v) is 6.59. The minimum Gasteiger partial charge on any atom is -0.351 e. The molecule has 29 heavy (non-hydrogen) atoms. The van der Waals surface area contributed by atoms with Crippen molar-refractivity contribution in [3.8, 4) is 0 Å². The van der Waals surface area contributed by atoms with E-state index in [9.17, 15) is 9.59 Å². The molecule has 1 saturated heterocycles. The van der Waals surface area contributed by atoms with E-state index in [-0.39, 0.29) is 18.0 Å². The molecule has 2 aromatic carbocycles. The average molecular weight is 410 g/mol. The normalized spacial score (nSPS) is 18.3. The van der Waals surface area contributed by atoms with Crippen LogP contribution in [0.1, 0.15) is 52.5 Å². The fourth-order valence-electron chi connectivity index (χ4n) is 4.29. The Balaban J connectivity index is 1.53. The molecule has 152 valence electrons. The quantitative estimate of drug-likeness (QED) is 0.755. The molecule has 2 heterocycles. The topological polar surface area (TPSA) is 52.7 Å². The SMILES string of the molecule is CCN1c2cc(C(=O)NCc3ccc(SC)cc3)ccc2C(=O)N2CCCC[C@@H]21. The first kappa shape index (κ1) is 19.8. The van der Waals surface area contributed by atoms with E-state index in [0.29, 0.717) is 17.7 Å². The third kappa shape index (κ3) is 3.86. The number of benzene rings is 2. The molecule has 0 aromatic heterocycles. The van der Waals surface area contributed by atoms with Crippen LogP contribution in [-0.4, -0.2) is 42.2 Å². The highest BCUT2D eigenvalue weighted by Gasteiger charge is 2.38. The van der Waals surface area contributed by atoms with Gasteiger partial charge in [-0.1, -0.05) is 12.1 Å². The molecule has 0 bridgehead atoms. The lowest BCUT2D eigenvalue weighted by atomic mass is 9.97. The van der Waals surface area contributed by atoms with Crippen molar-refractivity contribution in [2.45, 2.75) is 43.8 Å². The number of hydrogen-bond acceptors (Lipinski definition) is 4. The minimum absolute atomic E-state index is 0.0928. The number of nitrogens with zero attached hydrogens (tertiary/aromatic N) is 2. The van der Waals surface area contributed by atoms with Gasteiger partial charge in [-0.2, -0.15) is 0 Å². The van der Waals surface area contributed by atoms with Gasteiger partial charge in [-0.15, -0.1) is 11.8 Å². The molecule has 2 amide bonds. The maximum Gasteiger partial charge on any atom is 0.257 e. The number of fused-ring (bicyclic) bond motifs is 2. The van der Waals surface area contributed by atoms with Crippen molar-refractivity contribution < 1.29 is 9.59 Å². The molecule has 1 fully saturated rings. The molecule has 2 aliphatic heterocycles. The molecule has 1 N–H and O–H groups in total. The largest absolute Gasteiger partial charge is 0.351 e. The summed E-state index contributed by atoms with van der Waals surface area (Å²) >= 11 is 1.70. The van der Waals surface area contributed by atoms with Crippen LogP contribution in [0.25, 0.3) is 0 Å². The lowest BCUT2D eigenvalue weighted by Crippen LogP contribution is -2.57. The number of rotatable bonds is 5. The van der Waals surface area contributed by atoms with Gasteiger partial charge in [0.05, 0.1) is 11.3 Å². The number of hydrogen-bond donors (Lipinski definition) is 1. The van der Waals surface area contributed by atoms with Crippen molar-refractivity contribution in [2.24, 2.45) is 0 Å². The van der Waals surface area contributed by atoms with E-state index >= 15 is 0 Å². The smallest absolute Gasteiger partial charge is 0.257 e. The fraction of sp³-hybridized carbons (Fsp3) is 0.391. The van der Waals surface area contributed by atoms with Gasteiger partial charge >= 0.3 is 0 Å². The fourth-order valence-corrected chi connectivity index (χ4v) is 4.70. The van der Waals surface area contributed by atoms with Gasteiger partial charge in [0.15, 0.2) is 0 Å². The molecule has 1 atom stereocenters. The number of amides is 2. The van der Waals surface area contributed by atoms with Gasteiger partial charge in [0.25, 0.3) is 11.8 Å². The highest BCUT2D eigenvalue weighted by atomic mass is 32.2. The Labute approximate surface area is 176 Å². The third-order valence-electron chi connectivity index (χ3n) is 5.84. The monoisotopic (exact) mass is 409 g/mol. The Morgan fingerprint density at radius 1 is 1.17 bits per heavy atom. The molecule has 5 nitrogen and oxygen atoms in total. The van der Waals surface area contributed by atoms with Crippen LogP contribution in [0.2, 0.25) is 0 Å². The van der Waals surface area contributed by atoms with Crippen LogP contribution in [0.3, 0.4) is 0 Å². The van der Waals surface area contributed by atoms with Gasteiger partial charge in [-0.05, 0) is 68.3 Å². The van der Waals surface area contributed by atoms with Crippen molar-refractivity contribution in [2.75, 3.05) is 24.2 Å². The summed E-state index contributed by atoms with van der Waals surface area (Å²) in [5, 5.41) is 3.00. The Morgan fingerprint density at radius 2 is 1.97 bits per heavy atom. The molecular formula is C23H27N3O2S. The second-order valence-corrected chi connectivity index (χ2v) is 8.40. The summed E-state index contributed by atoms with van der Waals surface area (Å²) in [5.41, 5.74) is 3.25. The first-order chi connectivity index (χ1) is 14.1. The van der Waals surface area contributed by atoms with E-state index in [0.717, 1.165) is 43.6 Å². The summed E-state index contributed by atoms with van der Waals surface area (Å²) in [6, 6.07) is 13.7. The highest BCUT2D eigenvalue weighted by molar-refractivity contribution is 7.98. The average Bonchev–Trinajstić information content (AvgIpc) is 2.78. The Bertz CT molecular complexity index is 913. The predicted molar refractivity (Wildman–Crippen MR) is 118 cm³/mol. The standard InChI is InChI=1S/C23H27N3O2S/c1-3-25-20-14-17(22(27)24-15-16-7-10-18(29-2)11-8-16)9-12-19(20)23(28)26-13-5-4-6-21(25)26/h7-12,14,21H,3-6,13,15H2,1-2H3,(H,24,27)/t21-/m1/s1. The number of nitrogens with one attached hydrogen (secondary N) is 1. The molecule has 4 rings (SSSR count). The van der Waals surface area contributed by atoms with E-state index < -0.39 is 0 Å². The highest BCUT2D eigenvalue weighted by Crippen LogP contribution is 2.35. The molecule has 0 unspecified atom stereocenters. The van der Waals surface area contributed by atoms with E-state index in [4.69, 9.17) is 0 Å². The summed E-state index contributed by atoms with van der Waals surface area (Å²) in [6.07, 6.45) is 5.34. The lowest BCUT2D eigenvalue weighted by Gasteiger charge is -2.47. The van der Waals surface area contributed by atoms with Gasteiger partial charge < -0.3 is 15.1 Å². The predicted octanol–water partition coefficient (Wildman–Crippen LogP) is 4.13. The first-order valence-corrected chi connectivity index (χ1v) is 11.5. The van der Waals surface area contributed by atoms with E-state index in [2.05, 4.69) is 29.3 Å². The summed E-state index contributed by atoms with van der Waals surface area (Å²) < 4.78 is 0. The Kier molecular flexibility index (Phi) is 5.81. The van der Waals surface area contributed by atoms with Crippen molar-refractivity contribution in [3.05, 3.63) is 59.2 Å². The molecule has 0 spiro atoms. The van der Waals surface area contributed by atoms with Crippen LogP contribution in [-0.2, 0) is 6.54 Å².